The van der Waals surface area contributed by atoms with Gasteiger partial charge in [-0.2, -0.15) is 0 Å². The van der Waals surface area contributed by atoms with Gasteiger partial charge in [0.15, 0.2) is 0 Å². The van der Waals surface area contributed by atoms with Gasteiger partial charge in [-0.1, -0.05) is 24.3 Å². The van der Waals surface area contributed by atoms with Crippen molar-refractivity contribution in [1.29, 1.82) is 0 Å². The molecule has 0 radical (unpaired) electrons. The maximum Gasteiger partial charge on any atom is 0.213 e. The average molecular weight is 380 g/mol. The second-order valence-electron chi connectivity index (χ2n) is 6.13. The van der Waals surface area contributed by atoms with Crippen LogP contribution in [0.25, 0.3) is 44.0 Å². The molecule has 0 bridgehead atoms. The minimum Gasteiger partial charge on any atom is -0.481 e. The Bertz CT molecular complexity index is 1300. The van der Waals surface area contributed by atoms with Crippen molar-refractivity contribution in [2.75, 3.05) is 7.11 Å². The molecule has 0 amide bonds. The topological polar surface area (TPSA) is 50.8 Å². The van der Waals surface area contributed by atoms with E-state index in [0.717, 1.165) is 38.3 Å². The third-order valence-electron chi connectivity index (χ3n) is 4.63. The molecule has 4 nitrogen and oxygen atoms in total. The fraction of sp³-hybridized carbons (Fsp3) is 0.0476. The minimum absolute atomic E-state index is 0. The quantitative estimate of drug-likeness (QED) is 0.440. The number of fused-ring (bicyclic) bond motifs is 4. The highest BCUT2D eigenvalue weighted by Crippen LogP contribution is 2.35. The zero-order valence-corrected chi connectivity index (χ0v) is 15.2. The first-order valence-electron chi connectivity index (χ1n) is 8.25. The Morgan fingerprint density at radius 2 is 1.85 bits per heavy atom. The van der Waals surface area contributed by atoms with Crippen LogP contribution in [0, 0.1) is 5.82 Å². The molecule has 5 aromatic rings. The van der Waals surface area contributed by atoms with Gasteiger partial charge >= 0.3 is 0 Å². The molecule has 0 saturated heterocycles. The molecule has 0 saturated carbocycles. The summed E-state index contributed by atoms with van der Waals surface area (Å²) in [7, 11) is 1.59. The second kappa shape index (κ2) is 6.52. The fourth-order valence-corrected chi connectivity index (χ4v) is 3.46. The van der Waals surface area contributed by atoms with Crippen molar-refractivity contribution < 1.29 is 9.13 Å². The molecular formula is C21H15ClFN3O. The van der Waals surface area contributed by atoms with Crippen molar-refractivity contribution in [2.24, 2.45) is 0 Å². The molecule has 5 rings (SSSR count). The first-order chi connectivity index (χ1) is 12.7. The zero-order chi connectivity index (χ0) is 17.7. The number of pyridine rings is 2. The van der Waals surface area contributed by atoms with Crippen LogP contribution in [0.3, 0.4) is 0 Å². The van der Waals surface area contributed by atoms with E-state index in [1.54, 1.807) is 13.3 Å². The smallest absolute Gasteiger partial charge is 0.213 e. The number of H-pyrrole nitrogens is 1. The van der Waals surface area contributed by atoms with Crippen LogP contribution in [0.15, 0.2) is 60.8 Å². The van der Waals surface area contributed by atoms with Crippen molar-refractivity contribution in [3.05, 3.63) is 66.6 Å². The largest absolute Gasteiger partial charge is 0.481 e. The summed E-state index contributed by atoms with van der Waals surface area (Å²) < 4.78 is 19.5. The Morgan fingerprint density at radius 1 is 1.00 bits per heavy atom. The molecular weight excluding hydrogens is 365 g/mol. The van der Waals surface area contributed by atoms with Crippen molar-refractivity contribution >= 4 is 45.1 Å². The van der Waals surface area contributed by atoms with Gasteiger partial charge in [0.2, 0.25) is 5.88 Å². The maximum atomic E-state index is 14.2. The predicted molar refractivity (Wildman–Crippen MR) is 108 cm³/mol. The molecule has 1 N–H and O–H groups in total. The summed E-state index contributed by atoms with van der Waals surface area (Å²) in [6, 6.07) is 16.4. The lowest BCUT2D eigenvalue weighted by Gasteiger charge is -2.08. The van der Waals surface area contributed by atoms with Crippen LogP contribution in [-0.2, 0) is 0 Å². The molecule has 0 aliphatic rings. The predicted octanol–water partition coefficient (Wildman–Crippen LogP) is 5.50. The average Bonchev–Trinajstić information content (AvgIpc) is 3.05. The Balaban J connectivity index is 0.00000180. The number of rotatable bonds is 2. The normalized spacial score (nSPS) is 11.0. The van der Waals surface area contributed by atoms with E-state index in [1.807, 2.05) is 42.5 Å². The minimum atomic E-state index is -0.284. The van der Waals surface area contributed by atoms with E-state index >= 15 is 0 Å². The molecule has 0 spiro atoms. The van der Waals surface area contributed by atoms with E-state index < -0.39 is 0 Å². The van der Waals surface area contributed by atoms with Gasteiger partial charge in [-0.25, -0.2) is 9.37 Å². The SMILES string of the molecule is COc1ccc2[nH]c3c(-c4cc(F)cc5ccccc45)nccc3c2n1.Cl. The Morgan fingerprint density at radius 3 is 2.70 bits per heavy atom. The van der Waals surface area contributed by atoms with E-state index in [-0.39, 0.29) is 18.2 Å². The molecule has 3 aromatic heterocycles. The van der Waals surface area contributed by atoms with Gasteiger partial charge in [0.05, 0.1) is 29.4 Å². The fourth-order valence-electron chi connectivity index (χ4n) is 3.46. The number of aromatic amines is 1. The number of aromatic nitrogens is 3. The first kappa shape index (κ1) is 17.2. The van der Waals surface area contributed by atoms with Crippen LogP contribution in [0.1, 0.15) is 0 Å². The highest BCUT2D eigenvalue weighted by Gasteiger charge is 2.15. The van der Waals surface area contributed by atoms with Crippen molar-refractivity contribution in [3.63, 3.8) is 0 Å². The molecule has 6 heteroatoms. The highest BCUT2D eigenvalue weighted by atomic mass is 35.5. The summed E-state index contributed by atoms with van der Waals surface area (Å²) in [5.41, 5.74) is 3.98. The molecule has 3 heterocycles. The van der Waals surface area contributed by atoms with Gasteiger partial charge in [-0.3, -0.25) is 4.98 Å². The molecule has 2 aromatic carbocycles. The summed E-state index contributed by atoms with van der Waals surface area (Å²) in [5.74, 6) is 0.265. The van der Waals surface area contributed by atoms with Crippen LogP contribution in [0.5, 0.6) is 5.88 Å². The summed E-state index contributed by atoms with van der Waals surface area (Å²) in [5, 5.41) is 2.73. The molecule has 27 heavy (non-hydrogen) atoms. The lowest BCUT2D eigenvalue weighted by molar-refractivity contribution is 0.399. The van der Waals surface area contributed by atoms with Crippen molar-refractivity contribution in [3.8, 4) is 17.1 Å². The van der Waals surface area contributed by atoms with Gasteiger partial charge in [-0.05, 0) is 35.0 Å². The summed E-state index contributed by atoms with van der Waals surface area (Å²) in [6.07, 6.45) is 1.73. The zero-order valence-electron chi connectivity index (χ0n) is 14.4. The molecule has 0 unspecified atom stereocenters. The van der Waals surface area contributed by atoms with Crippen LogP contribution >= 0.6 is 12.4 Å². The van der Waals surface area contributed by atoms with E-state index in [1.165, 1.54) is 12.1 Å². The van der Waals surface area contributed by atoms with Gasteiger partial charge in [0, 0.05) is 23.2 Å². The number of nitrogens with one attached hydrogen (secondary N) is 1. The van der Waals surface area contributed by atoms with Gasteiger partial charge in [0.25, 0.3) is 0 Å². The van der Waals surface area contributed by atoms with E-state index in [9.17, 15) is 4.39 Å². The number of halogens is 2. The number of nitrogens with zero attached hydrogens (tertiary/aromatic N) is 2. The standard InChI is InChI=1S/C21H14FN3O.ClH/c1-26-18-7-6-17-19(25-18)15-8-9-23-20(21(15)24-17)16-11-13(22)10-12-4-2-3-5-14(12)16;/h2-11,24H,1H3;1H. The molecule has 0 fully saturated rings. The lowest BCUT2D eigenvalue weighted by Crippen LogP contribution is -1.89. The molecule has 0 aliphatic heterocycles. The summed E-state index contributed by atoms with van der Waals surface area (Å²) in [6.45, 7) is 0. The third kappa shape index (κ3) is 2.67. The van der Waals surface area contributed by atoms with E-state index in [0.29, 0.717) is 11.6 Å². The van der Waals surface area contributed by atoms with Gasteiger partial charge in [0.1, 0.15) is 5.82 Å². The van der Waals surface area contributed by atoms with Crippen LogP contribution in [0.4, 0.5) is 4.39 Å². The third-order valence-corrected chi connectivity index (χ3v) is 4.63. The van der Waals surface area contributed by atoms with E-state index in [2.05, 4.69) is 15.0 Å². The summed E-state index contributed by atoms with van der Waals surface area (Å²) in [4.78, 5) is 12.5. The van der Waals surface area contributed by atoms with Crippen LogP contribution < -0.4 is 4.74 Å². The number of methoxy groups -OCH3 is 1. The number of ether oxygens (including phenoxy) is 1. The van der Waals surface area contributed by atoms with E-state index in [4.69, 9.17) is 4.74 Å². The maximum absolute atomic E-state index is 14.2. The lowest BCUT2D eigenvalue weighted by atomic mass is 10.0. The molecule has 0 aliphatic carbocycles. The van der Waals surface area contributed by atoms with Gasteiger partial charge < -0.3 is 9.72 Å². The second-order valence-corrected chi connectivity index (χ2v) is 6.13. The number of hydrogen-bond donors (Lipinski definition) is 1. The summed E-state index contributed by atoms with van der Waals surface area (Å²) >= 11 is 0. The molecule has 0 atom stereocenters. The van der Waals surface area contributed by atoms with Crippen molar-refractivity contribution in [1.82, 2.24) is 15.0 Å². The number of hydrogen-bond acceptors (Lipinski definition) is 3. The van der Waals surface area contributed by atoms with Gasteiger partial charge in [-0.15, -0.1) is 12.4 Å². The van der Waals surface area contributed by atoms with Crippen molar-refractivity contribution in [2.45, 2.75) is 0 Å². The number of benzene rings is 2. The monoisotopic (exact) mass is 379 g/mol. The Hall–Kier alpha value is -3.18. The molecule has 134 valence electrons. The highest BCUT2D eigenvalue weighted by molar-refractivity contribution is 6.11. The first-order valence-corrected chi connectivity index (χ1v) is 8.25. The Kier molecular flexibility index (Phi) is 4.16. The Labute approximate surface area is 160 Å². The van der Waals surface area contributed by atoms with Crippen LogP contribution in [0.2, 0.25) is 0 Å². The van der Waals surface area contributed by atoms with Crippen LogP contribution in [-0.4, -0.2) is 22.1 Å².